The van der Waals surface area contributed by atoms with Gasteiger partial charge in [-0.2, -0.15) is 0 Å². The van der Waals surface area contributed by atoms with E-state index in [1.807, 2.05) is 30.3 Å². The molecule has 0 bridgehead atoms. The number of rotatable bonds is 5. The molecule has 0 heterocycles. The summed E-state index contributed by atoms with van der Waals surface area (Å²) in [7, 11) is 1.56. The second-order valence-corrected chi connectivity index (χ2v) is 2.89. The van der Waals surface area contributed by atoms with Crippen LogP contribution in [0.15, 0.2) is 30.3 Å². The third-order valence-corrected chi connectivity index (χ3v) is 1.75. The first kappa shape index (κ1) is 10.7. The van der Waals surface area contributed by atoms with Gasteiger partial charge in [0.05, 0.1) is 13.0 Å². The van der Waals surface area contributed by atoms with Crippen LogP contribution in [-0.4, -0.2) is 19.7 Å². The number of methoxy groups -OCH3 is 1. The molecule has 0 fully saturated rings. The summed E-state index contributed by atoms with van der Waals surface area (Å²) in [5, 5.41) is 0. The van der Waals surface area contributed by atoms with Crippen molar-refractivity contribution in [2.75, 3.05) is 13.7 Å². The van der Waals surface area contributed by atoms with E-state index >= 15 is 0 Å². The molecule has 1 rings (SSSR count). The fourth-order valence-electron chi connectivity index (χ4n) is 0.996. The van der Waals surface area contributed by atoms with E-state index in [4.69, 9.17) is 9.47 Å². The maximum absolute atomic E-state index is 11.1. The minimum Gasteiger partial charge on any atom is -0.461 e. The summed E-state index contributed by atoms with van der Waals surface area (Å²) in [6.45, 7) is 0.747. The molecule has 0 saturated heterocycles. The predicted molar refractivity (Wildman–Crippen MR) is 52.7 cm³/mol. The second kappa shape index (κ2) is 6.16. The van der Waals surface area contributed by atoms with Gasteiger partial charge < -0.3 is 9.47 Å². The predicted octanol–water partition coefficient (Wildman–Crippen LogP) is 1.77. The minimum atomic E-state index is -0.226. The molecule has 76 valence electrons. The molecule has 0 aliphatic heterocycles. The van der Waals surface area contributed by atoms with Crippen molar-refractivity contribution in [2.45, 2.75) is 13.0 Å². The van der Waals surface area contributed by atoms with Gasteiger partial charge in [-0.15, -0.1) is 0 Å². The molecule has 3 nitrogen and oxygen atoms in total. The molecule has 0 radical (unpaired) electrons. The second-order valence-electron chi connectivity index (χ2n) is 2.89. The highest BCUT2D eigenvalue weighted by Crippen LogP contribution is 2.01. The van der Waals surface area contributed by atoms with Crippen LogP contribution in [0, 0.1) is 0 Å². The highest BCUT2D eigenvalue weighted by atomic mass is 16.5. The lowest BCUT2D eigenvalue weighted by molar-refractivity contribution is -0.145. The normalized spacial score (nSPS) is 9.79. The molecule has 3 heteroatoms. The monoisotopic (exact) mass is 194 g/mol. The topological polar surface area (TPSA) is 35.5 Å². The average molecular weight is 194 g/mol. The van der Waals surface area contributed by atoms with Crippen molar-refractivity contribution in [1.82, 2.24) is 0 Å². The summed E-state index contributed by atoms with van der Waals surface area (Å²) >= 11 is 0. The molecular weight excluding hydrogens is 180 g/mol. The molecular formula is C11H14O3. The third kappa shape index (κ3) is 4.05. The number of carbonyl (C=O) groups excluding carboxylic acids is 1. The van der Waals surface area contributed by atoms with Crippen LogP contribution < -0.4 is 0 Å². The van der Waals surface area contributed by atoms with Crippen LogP contribution in [0.4, 0.5) is 0 Å². The fourth-order valence-corrected chi connectivity index (χ4v) is 0.996. The van der Waals surface area contributed by atoms with Crippen molar-refractivity contribution < 1.29 is 14.3 Å². The van der Waals surface area contributed by atoms with Gasteiger partial charge in [-0.1, -0.05) is 30.3 Å². The molecule has 0 aliphatic rings. The third-order valence-electron chi connectivity index (χ3n) is 1.75. The lowest BCUT2D eigenvalue weighted by Gasteiger charge is -2.03. The number of hydrogen-bond acceptors (Lipinski definition) is 3. The number of carbonyl (C=O) groups is 1. The maximum Gasteiger partial charge on any atom is 0.308 e. The Morgan fingerprint density at radius 1 is 1.29 bits per heavy atom. The zero-order valence-corrected chi connectivity index (χ0v) is 8.23. The number of benzene rings is 1. The van der Waals surface area contributed by atoms with Crippen LogP contribution in [0.1, 0.15) is 12.0 Å². The Labute approximate surface area is 83.6 Å². The molecule has 0 atom stereocenters. The van der Waals surface area contributed by atoms with Gasteiger partial charge in [-0.05, 0) is 5.56 Å². The molecule has 0 saturated carbocycles. The summed E-state index contributed by atoms with van der Waals surface area (Å²) < 4.78 is 9.77. The number of ether oxygens (including phenoxy) is 2. The lowest BCUT2D eigenvalue weighted by atomic mass is 10.2. The van der Waals surface area contributed by atoms with Crippen LogP contribution in [-0.2, 0) is 20.9 Å². The van der Waals surface area contributed by atoms with E-state index in [9.17, 15) is 4.79 Å². The standard InChI is InChI=1S/C11H14O3/c1-13-8-7-11(12)14-9-10-5-3-2-4-6-10/h2-6H,7-9H2,1H3. The Bertz CT molecular complexity index is 269. The summed E-state index contributed by atoms with van der Waals surface area (Å²) in [6.07, 6.45) is 0.309. The first-order valence-corrected chi connectivity index (χ1v) is 4.51. The molecule has 14 heavy (non-hydrogen) atoms. The van der Waals surface area contributed by atoms with Crippen LogP contribution in [0.2, 0.25) is 0 Å². The highest BCUT2D eigenvalue weighted by molar-refractivity contribution is 5.69. The van der Waals surface area contributed by atoms with Gasteiger partial charge in [0, 0.05) is 7.11 Å². The lowest BCUT2D eigenvalue weighted by Crippen LogP contribution is -2.07. The van der Waals surface area contributed by atoms with E-state index in [0.29, 0.717) is 19.6 Å². The molecule has 1 aromatic carbocycles. The van der Waals surface area contributed by atoms with E-state index in [1.54, 1.807) is 7.11 Å². The van der Waals surface area contributed by atoms with Crippen molar-refractivity contribution in [3.8, 4) is 0 Å². The Morgan fingerprint density at radius 3 is 2.64 bits per heavy atom. The Kier molecular flexibility index (Phi) is 4.72. The van der Waals surface area contributed by atoms with Crippen LogP contribution in [0.25, 0.3) is 0 Å². The van der Waals surface area contributed by atoms with Crippen LogP contribution >= 0.6 is 0 Å². The van der Waals surface area contributed by atoms with Crippen LogP contribution in [0.5, 0.6) is 0 Å². The van der Waals surface area contributed by atoms with Crippen molar-refractivity contribution in [1.29, 1.82) is 0 Å². The van der Waals surface area contributed by atoms with Gasteiger partial charge in [-0.25, -0.2) is 0 Å². The average Bonchev–Trinajstić information content (AvgIpc) is 2.25. The summed E-state index contributed by atoms with van der Waals surface area (Å²) in [4.78, 5) is 11.1. The SMILES string of the molecule is COCCC(=O)OCc1ccccc1. The van der Waals surface area contributed by atoms with Gasteiger partial charge in [0.15, 0.2) is 0 Å². The maximum atomic E-state index is 11.1. The minimum absolute atomic E-state index is 0.226. The summed E-state index contributed by atoms with van der Waals surface area (Å²) in [5.41, 5.74) is 0.998. The highest BCUT2D eigenvalue weighted by Gasteiger charge is 2.01. The fraction of sp³-hybridized carbons (Fsp3) is 0.364. The van der Waals surface area contributed by atoms with Gasteiger partial charge in [0.25, 0.3) is 0 Å². The Morgan fingerprint density at radius 2 is 2.00 bits per heavy atom. The molecule has 1 aromatic rings. The summed E-state index contributed by atoms with van der Waals surface area (Å²) in [6, 6.07) is 9.60. The molecule has 0 amide bonds. The summed E-state index contributed by atoms with van der Waals surface area (Å²) in [5.74, 6) is -0.226. The van der Waals surface area contributed by atoms with Gasteiger partial charge in [0.2, 0.25) is 0 Å². The van der Waals surface area contributed by atoms with Crippen molar-refractivity contribution in [3.05, 3.63) is 35.9 Å². The van der Waals surface area contributed by atoms with Crippen LogP contribution in [0.3, 0.4) is 0 Å². The van der Waals surface area contributed by atoms with E-state index in [1.165, 1.54) is 0 Å². The molecule has 0 aliphatic carbocycles. The zero-order valence-electron chi connectivity index (χ0n) is 8.23. The van der Waals surface area contributed by atoms with E-state index in [0.717, 1.165) is 5.56 Å². The number of esters is 1. The Balaban J connectivity index is 2.24. The van der Waals surface area contributed by atoms with Gasteiger partial charge in [-0.3, -0.25) is 4.79 Å². The van der Waals surface area contributed by atoms with Crippen molar-refractivity contribution in [3.63, 3.8) is 0 Å². The quantitative estimate of drug-likeness (QED) is 0.670. The van der Waals surface area contributed by atoms with E-state index in [-0.39, 0.29) is 5.97 Å². The van der Waals surface area contributed by atoms with Gasteiger partial charge in [0.1, 0.15) is 6.61 Å². The van der Waals surface area contributed by atoms with Gasteiger partial charge >= 0.3 is 5.97 Å². The Hall–Kier alpha value is -1.35. The van der Waals surface area contributed by atoms with E-state index < -0.39 is 0 Å². The molecule has 0 spiro atoms. The van der Waals surface area contributed by atoms with Crippen molar-refractivity contribution >= 4 is 5.97 Å². The largest absolute Gasteiger partial charge is 0.461 e. The number of hydrogen-bond donors (Lipinski definition) is 0. The smallest absolute Gasteiger partial charge is 0.308 e. The molecule has 0 aromatic heterocycles. The molecule has 0 unspecified atom stereocenters. The first-order chi connectivity index (χ1) is 6.83. The molecule has 0 N–H and O–H groups in total. The first-order valence-electron chi connectivity index (χ1n) is 4.51. The van der Waals surface area contributed by atoms with E-state index in [2.05, 4.69) is 0 Å². The zero-order chi connectivity index (χ0) is 10.2. The van der Waals surface area contributed by atoms with Crippen molar-refractivity contribution in [2.24, 2.45) is 0 Å².